The second-order valence-electron chi connectivity index (χ2n) is 31.1. The molecule has 0 saturated carbocycles. The Balaban J connectivity index is 0.000000159. The van der Waals surface area contributed by atoms with Crippen LogP contribution in [0.15, 0.2) is 109 Å². The van der Waals surface area contributed by atoms with Gasteiger partial charge in [-0.2, -0.15) is 0 Å². The molecule has 1 aliphatic heterocycles. The molecule has 602 valence electrons. The lowest BCUT2D eigenvalue weighted by molar-refractivity contribution is 0.0986. The molecule has 5 aliphatic rings. The molecule has 0 amide bonds. The van der Waals surface area contributed by atoms with Crippen LogP contribution in [-0.2, 0) is 51.9 Å². The normalized spacial score (nSPS) is 14.7. The molecule has 1 unspecified atom stereocenters. The summed E-state index contributed by atoms with van der Waals surface area (Å²) in [6, 6.07) is 35.7. The second-order valence-corrected chi connectivity index (χ2v) is 31.1. The first-order valence-corrected chi connectivity index (χ1v) is 39.8. The minimum Gasteiger partial charge on any atom is -0.507 e. The van der Waals surface area contributed by atoms with Gasteiger partial charge in [0.15, 0.2) is 46.3 Å². The molecular weight excluding hydrogens is 1430 g/mol. The summed E-state index contributed by atoms with van der Waals surface area (Å²) in [6.07, 6.45) is 14.6. The van der Waals surface area contributed by atoms with Crippen LogP contribution in [0.4, 0.5) is 0 Å². The van der Waals surface area contributed by atoms with E-state index in [2.05, 4.69) is 91.4 Å². The number of nitrogens with one attached hydrogen (secondary N) is 2. The quantitative estimate of drug-likeness (QED) is 0.0345. The van der Waals surface area contributed by atoms with Crippen LogP contribution in [0.1, 0.15) is 253 Å². The number of benzene rings is 8. The maximum atomic E-state index is 12.3. The van der Waals surface area contributed by atoms with Gasteiger partial charge in [0.05, 0.1) is 22.2 Å². The van der Waals surface area contributed by atoms with Gasteiger partial charge in [-0.05, 0) is 284 Å². The standard InChI is InChI=1S/2C24H26N2O2.C23H26N2O2.C21H24N2O4.4CH4/c1-15(27)16-5-8-21-20(14-16)24-19-7-10-23(28)18(19)6-9-22(24)26(21)13-11-17-4-3-12-25(17)2;1-2-12-25-13-3-14-26-19-8-4-15-17(6-10-21(15)27)23(19)24-18-7-11-22(28)16(18)5-9-20(24)26;1-3-11-24-12-4-13-25-20-8-5-16(15(2)26)14-19(20)23-18-7-10-22(27)17(18)6-9-21(23)25;1-12(24)14-8-16-17-9-15(13(2)25)21(27)11-19(17)23(7-5-6-22(3)4)18(16)10-20(14)26;;;;/h5-6,8-9,14,17H,3-4,7,10-13H2,1-2H3;4-5,8-9,25H,2-3,6-7,10-14H2,1H3;5-6,8-9,14,24H,3-4,7,10-13H2,1-2H3;8-11,26-27H,5-7H2,1-4H3;4*1H4. The zero-order chi connectivity index (χ0) is 77.5. The Kier molecular flexibility index (Phi) is 27.6. The van der Waals surface area contributed by atoms with E-state index in [1.165, 1.54) is 93.7 Å². The molecule has 5 heterocycles. The Labute approximate surface area is 671 Å². The van der Waals surface area contributed by atoms with Gasteiger partial charge in [0.25, 0.3) is 0 Å². The van der Waals surface area contributed by atoms with Gasteiger partial charge in [0, 0.05) is 180 Å². The van der Waals surface area contributed by atoms with Gasteiger partial charge in [-0.3, -0.25) is 38.4 Å². The van der Waals surface area contributed by atoms with Gasteiger partial charge in [0.1, 0.15) is 11.5 Å². The number of aromatic hydroxyl groups is 2. The summed E-state index contributed by atoms with van der Waals surface area (Å²) < 4.78 is 9.18. The first-order valence-electron chi connectivity index (χ1n) is 39.8. The number of Topliss-reactive ketones (excluding diaryl/α,β-unsaturated/α-hetero) is 8. The molecule has 4 N–H and O–H groups in total. The van der Waals surface area contributed by atoms with Crippen LogP contribution in [0.25, 0.3) is 87.2 Å². The van der Waals surface area contributed by atoms with E-state index in [1.807, 2.05) is 67.2 Å². The Bertz CT molecular complexity index is 5600. The van der Waals surface area contributed by atoms with Crippen LogP contribution < -0.4 is 10.6 Å². The van der Waals surface area contributed by atoms with Gasteiger partial charge >= 0.3 is 0 Å². The molecule has 18 heteroatoms. The van der Waals surface area contributed by atoms with E-state index < -0.39 is 0 Å². The van der Waals surface area contributed by atoms with Crippen molar-refractivity contribution < 1.29 is 48.6 Å². The Morgan fingerprint density at radius 1 is 0.412 bits per heavy atom. The first-order chi connectivity index (χ1) is 53.1. The largest absolute Gasteiger partial charge is 0.507 e. The average molecular weight is 1540 g/mol. The van der Waals surface area contributed by atoms with Crippen molar-refractivity contribution in [3.05, 3.63) is 176 Å². The van der Waals surface area contributed by atoms with E-state index in [0.717, 1.165) is 199 Å². The Morgan fingerprint density at radius 2 is 0.763 bits per heavy atom. The molecular formula is C96H118N8O10. The van der Waals surface area contributed by atoms with Gasteiger partial charge < -0.3 is 48.9 Å². The zero-order valence-corrected chi connectivity index (χ0v) is 65.2. The maximum absolute atomic E-state index is 12.3. The van der Waals surface area contributed by atoms with Gasteiger partial charge in [-0.1, -0.05) is 43.6 Å². The highest BCUT2D eigenvalue weighted by Gasteiger charge is 2.32. The van der Waals surface area contributed by atoms with Gasteiger partial charge in [-0.25, -0.2) is 0 Å². The third-order valence-electron chi connectivity index (χ3n) is 23.6. The van der Waals surface area contributed by atoms with Crippen LogP contribution in [0.3, 0.4) is 0 Å². The highest BCUT2D eigenvalue weighted by molar-refractivity contribution is 6.21. The number of phenolic OH excluding ortho intramolecular Hbond substituents is 2. The van der Waals surface area contributed by atoms with E-state index in [0.29, 0.717) is 38.3 Å². The predicted octanol–water partition coefficient (Wildman–Crippen LogP) is 19.7. The summed E-state index contributed by atoms with van der Waals surface area (Å²) in [5, 5.41) is 36.1. The summed E-state index contributed by atoms with van der Waals surface area (Å²) in [6.45, 7) is 20.1. The molecule has 4 aliphatic carbocycles. The van der Waals surface area contributed by atoms with Crippen molar-refractivity contribution in [1.82, 2.24) is 38.7 Å². The number of hydrogen-bond donors (Lipinski definition) is 4. The molecule has 0 radical (unpaired) electrons. The number of ketones is 8. The second kappa shape index (κ2) is 36.5. The zero-order valence-electron chi connectivity index (χ0n) is 65.2. The fourth-order valence-corrected chi connectivity index (χ4v) is 18.1. The summed E-state index contributed by atoms with van der Waals surface area (Å²) >= 11 is 0. The molecule has 114 heavy (non-hydrogen) atoms. The van der Waals surface area contributed by atoms with Crippen LogP contribution in [0.5, 0.6) is 11.5 Å². The van der Waals surface area contributed by atoms with E-state index in [9.17, 15) is 48.6 Å². The maximum Gasteiger partial charge on any atom is 0.163 e. The molecule has 4 aromatic heterocycles. The van der Waals surface area contributed by atoms with Crippen molar-refractivity contribution in [3.8, 4) is 11.5 Å². The average Bonchev–Trinajstić information content (AvgIpc) is 1.56. The highest BCUT2D eigenvalue weighted by Crippen LogP contribution is 2.45. The topological polar surface area (TPSA) is 227 Å². The smallest absolute Gasteiger partial charge is 0.163 e. The Hall–Kier alpha value is -10.2. The molecule has 18 nitrogen and oxygen atoms in total. The summed E-state index contributed by atoms with van der Waals surface area (Å²) in [5.74, 6) is 0.555. The number of rotatable bonds is 23. The molecule has 0 bridgehead atoms. The van der Waals surface area contributed by atoms with Crippen LogP contribution in [-0.4, -0.2) is 151 Å². The number of aromatic nitrogens is 4. The van der Waals surface area contributed by atoms with Gasteiger partial charge in [0.2, 0.25) is 0 Å². The lowest BCUT2D eigenvalue weighted by Gasteiger charge is -2.20. The molecule has 1 atom stereocenters. The number of aryl methyl sites for hydroxylation is 8. The minimum absolute atomic E-state index is 0. The predicted molar refractivity (Wildman–Crippen MR) is 468 cm³/mol. The van der Waals surface area contributed by atoms with Crippen molar-refractivity contribution in [2.75, 3.05) is 60.4 Å². The number of likely N-dealkylation sites (tertiary alicyclic amines) is 1. The number of carbonyl (C=O) groups excluding carboxylic acids is 8. The van der Waals surface area contributed by atoms with Crippen molar-refractivity contribution in [2.45, 2.75) is 206 Å². The van der Waals surface area contributed by atoms with E-state index in [-0.39, 0.29) is 98.6 Å². The minimum atomic E-state index is -0.228. The van der Waals surface area contributed by atoms with E-state index >= 15 is 0 Å². The highest BCUT2D eigenvalue weighted by atomic mass is 16.3. The number of nitrogens with zero attached hydrogens (tertiary/aromatic N) is 6. The summed E-state index contributed by atoms with van der Waals surface area (Å²) in [5.41, 5.74) is 18.9. The third-order valence-corrected chi connectivity index (χ3v) is 23.6. The van der Waals surface area contributed by atoms with E-state index in [4.69, 9.17) is 0 Å². The third kappa shape index (κ3) is 16.4. The number of hydrogen-bond acceptors (Lipinski definition) is 14. The number of fused-ring (bicyclic) bond motifs is 20. The molecule has 17 rings (SSSR count). The Morgan fingerprint density at radius 3 is 1.12 bits per heavy atom. The number of carbonyl (C=O) groups is 8. The monoisotopic (exact) mass is 1540 g/mol. The van der Waals surface area contributed by atoms with Gasteiger partial charge in [-0.15, -0.1) is 0 Å². The molecule has 0 spiro atoms. The fraction of sp³-hybridized carbons (Fsp3) is 0.417. The van der Waals surface area contributed by atoms with Crippen molar-refractivity contribution in [3.63, 3.8) is 0 Å². The van der Waals surface area contributed by atoms with Crippen LogP contribution >= 0.6 is 0 Å². The fourth-order valence-electron chi connectivity index (χ4n) is 18.1. The molecule has 12 aromatic rings. The lowest BCUT2D eigenvalue weighted by Crippen LogP contribution is -2.26. The lowest BCUT2D eigenvalue weighted by atomic mass is 9.98. The number of phenols is 2. The summed E-state index contributed by atoms with van der Waals surface area (Å²) in [4.78, 5) is 101. The molecule has 1 fully saturated rings. The van der Waals surface area contributed by atoms with Crippen LogP contribution in [0.2, 0.25) is 0 Å². The van der Waals surface area contributed by atoms with Crippen molar-refractivity contribution in [2.24, 2.45) is 0 Å². The van der Waals surface area contributed by atoms with Crippen molar-refractivity contribution in [1.29, 1.82) is 0 Å². The van der Waals surface area contributed by atoms with E-state index in [1.54, 1.807) is 38.1 Å². The molecule has 1 saturated heterocycles. The SMILES string of the molecule is C.C.C.C.CC(=O)c1cc2c3cc(C(C)=O)c(O)cc3n(CCCN(C)C)c2cc1O.CC(=O)c1ccc2c(c1)c1c3c(ccc1n2CCC1CCCN1C)C(=O)CC3.CCCNCCCn1c2ccc(C(C)=O)cc2c2c3c(ccc21)C(=O)CC3.CCCNCCCn1c2ccc3c(c2c2c4c(ccc21)C(=O)CC4)CCC3=O. The van der Waals surface area contributed by atoms with Crippen LogP contribution in [0, 0.1) is 0 Å². The molecule has 8 aromatic carbocycles. The first kappa shape index (κ1) is 86.2. The van der Waals surface area contributed by atoms with Crippen molar-refractivity contribution >= 4 is 133 Å². The summed E-state index contributed by atoms with van der Waals surface area (Å²) in [7, 11) is 6.23.